The second kappa shape index (κ2) is 7.60. The monoisotopic (exact) mass is 369 g/mol. The molecule has 0 atom stereocenters. The van der Waals surface area contributed by atoms with Gasteiger partial charge in [-0.1, -0.05) is 0 Å². The van der Waals surface area contributed by atoms with Crippen molar-refractivity contribution in [2.75, 3.05) is 44.5 Å². The summed E-state index contributed by atoms with van der Waals surface area (Å²) < 4.78 is 11.5. The van der Waals surface area contributed by atoms with Crippen LogP contribution in [0.15, 0.2) is 24.3 Å². The van der Waals surface area contributed by atoms with Crippen LogP contribution in [0.25, 0.3) is 0 Å². The van der Waals surface area contributed by atoms with E-state index in [0.29, 0.717) is 18.5 Å². The van der Waals surface area contributed by atoms with Gasteiger partial charge in [0, 0.05) is 55.6 Å². The number of anilines is 3. The summed E-state index contributed by atoms with van der Waals surface area (Å²) in [6.07, 6.45) is 2.73. The Morgan fingerprint density at radius 3 is 2.67 bits per heavy atom. The van der Waals surface area contributed by atoms with Crippen LogP contribution in [0.5, 0.6) is 11.5 Å². The van der Waals surface area contributed by atoms with Crippen molar-refractivity contribution in [3.63, 3.8) is 0 Å². The Morgan fingerprint density at radius 1 is 1.15 bits per heavy atom. The van der Waals surface area contributed by atoms with Crippen LogP contribution in [-0.4, -0.2) is 54.8 Å². The maximum atomic E-state index is 6.08. The number of hydrogen-bond donors (Lipinski definition) is 2. The first-order valence-electron chi connectivity index (χ1n) is 9.50. The van der Waals surface area contributed by atoms with E-state index in [1.165, 1.54) is 12.8 Å². The highest BCUT2D eigenvalue weighted by molar-refractivity contribution is 5.60. The van der Waals surface area contributed by atoms with Crippen molar-refractivity contribution in [1.82, 2.24) is 14.9 Å². The Bertz CT molecular complexity index is 803. The third-order valence-corrected chi connectivity index (χ3v) is 5.05. The minimum Gasteiger partial charge on any atom is -0.493 e. The minimum atomic E-state index is 0.550. The van der Waals surface area contributed by atoms with Crippen LogP contribution >= 0.6 is 0 Å². The molecule has 2 fully saturated rings. The lowest BCUT2D eigenvalue weighted by molar-refractivity contribution is 0.0546. The fourth-order valence-electron chi connectivity index (χ4n) is 3.41. The van der Waals surface area contributed by atoms with Crippen LogP contribution in [0.1, 0.15) is 18.5 Å². The van der Waals surface area contributed by atoms with Gasteiger partial charge in [-0.2, -0.15) is 4.98 Å². The fourth-order valence-corrected chi connectivity index (χ4v) is 3.41. The van der Waals surface area contributed by atoms with Gasteiger partial charge in [0.2, 0.25) is 5.95 Å². The van der Waals surface area contributed by atoms with Crippen molar-refractivity contribution in [1.29, 1.82) is 0 Å². The molecule has 1 aliphatic carbocycles. The zero-order valence-electron chi connectivity index (χ0n) is 16.2. The predicted octanol–water partition coefficient (Wildman–Crippen LogP) is 3.05. The molecule has 0 amide bonds. The molecule has 7 nitrogen and oxygen atoms in total. The van der Waals surface area contributed by atoms with Crippen LogP contribution in [0.4, 0.5) is 17.5 Å². The number of aryl methyl sites for hydroxylation is 1. The smallest absolute Gasteiger partial charge is 0.229 e. The first kappa shape index (κ1) is 17.9. The molecule has 2 heterocycles. The first-order chi connectivity index (χ1) is 13.1. The molecule has 1 aromatic heterocycles. The summed E-state index contributed by atoms with van der Waals surface area (Å²) in [5.74, 6) is 3.41. The summed E-state index contributed by atoms with van der Waals surface area (Å²) in [6, 6.07) is 8.54. The van der Waals surface area contributed by atoms with Gasteiger partial charge in [0.1, 0.15) is 5.82 Å². The number of aromatic nitrogens is 2. The predicted molar refractivity (Wildman–Crippen MR) is 106 cm³/mol. The molecule has 0 unspecified atom stereocenters. The third-order valence-electron chi connectivity index (χ3n) is 5.05. The van der Waals surface area contributed by atoms with E-state index in [1.54, 1.807) is 7.11 Å². The number of likely N-dealkylation sites (tertiary alicyclic amines) is 1. The molecule has 1 aromatic carbocycles. The van der Waals surface area contributed by atoms with Crippen LogP contribution < -0.4 is 20.1 Å². The Morgan fingerprint density at radius 2 is 1.96 bits per heavy atom. The molecule has 0 bridgehead atoms. The zero-order chi connectivity index (χ0) is 18.8. The summed E-state index contributed by atoms with van der Waals surface area (Å²) in [5.41, 5.74) is 1.76. The molecule has 0 spiro atoms. The van der Waals surface area contributed by atoms with Crippen LogP contribution in [0.2, 0.25) is 0 Å². The summed E-state index contributed by atoms with van der Waals surface area (Å²) in [6.45, 7) is 4.96. The van der Waals surface area contributed by atoms with E-state index in [-0.39, 0.29) is 0 Å². The van der Waals surface area contributed by atoms with Gasteiger partial charge in [-0.25, -0.2) is 4.98 Å². The quantitative estimate of drug-likeness (QED) is 0.741. The highest BCUT2D eigenvalue weighted by Gasteiger charge is 2.38. The maximum absolute atomic E-state index is 6.08. The summed E-state index contributed by atoms with van der Waals surface area (Å²) in [7, 11) is 3.51. The van der Waals surface area contributed by atoms with Crippen molar-refractivity contribution < 1.29 is 9.47 Å². The van der Waals surface area contributed by atoms with Gasteiger partial charge in [0.15, 0.2) is 11.5 Å². The molecule has 1 aliphatic heterocycles. The SMILES string of the molecule is CNc1cc(C)nc(Nc2ccc(OC)c(OCC3CN(C4CC4)C3)c2)n1. The number of nitrogens with zero attached hydrogens (tertiary/aromatic N) is 3. The molecule has 2 aromatic rings. The molecular weight excluding hydrogens is 342 g/mol. The van der Waals surface area contributed by atoms with Gasteiger partial charge in [-0.15, -0.1) is 0 Å². The van der Waals surface area contributed by atoms with Crippen LogP contribution in [-0.2, 0) is 0 Å². The third kappa shape index (κ3) is 4.24. The van der Waals surface area contributed by atoms with E-state index in [2.05, 4.69) is 25.5 Å². The fraction of sp³-hybridized carbons (Fsp3) is 0.500. The van der Waals surface area contributed by atoms with Gasteiger partial charge in [-0.3, -0.25) is 4.90 Å². The van der Waals surface area contributed by atoms with Crippen molar-refractivity contribution in [2.24, 2.45) is 5.92 Å². The maximum Gasteiger partial charge on any atom is 0.229 e. The van der Waals surface area contributed by atoms with Crippen molar-refractivity contribution >= 4 is 17.5 Å². The van der Waals surface area contributed by atoms with Gasteiger partial charge in [0.05, 0.1) is 13.7 Å². The average molecular weight is 369 g/mol. The number of hydrogen-bond acceptors (Lipinski definition) is 7. The van der Waals surface area contributed by atoms with E-state index in [4.69, 9.17) is 9.47 Å². The molecule has 4 rings (SSSR count). The van der Waals surface area contributed by atoms with Gasteiger partial charge < -0.3 is 20.1 Å². The molecule has 27 heavy (non-hydrogen) atoms. The normalized spacial score (nSPS) is 17.3. The van der Waals surface area contributed by atoms with Crippen molar-refractivity contribution in [2.45, 2.75) is 25.8 Å². The Kier molecular flexibility index (Phi) is 5.03. The highest BCUT2D eigenvalue weighted by Crippen LogP contribution is 2.35. The highest BCUT2D eigenvalue weighted by atomic mass is 16.5. The van der Waals surface area contributed by atoms with E-state index < -0.39 is 0 Å². The number of nitrogens with one attached hydrogen (secondary N) is 2. The largest absolute Gasteiger partial charge is 0.493 e. The average Bonchev–Trinajstić information content (AvgIpc) is 3.45. The van der Waals surface area contributed by atoms with E-state index >= 15 is 0 Å². The van der Waals surface area contributed by atoms with E-state index in [1.807, 2.05) is 38.2 Å². The van der Waals surface area contributed by atoms with E-state index in [9.17, 15) is 0 Å². The molecular formula is C20H27N5O2. The molecule has 7 heteroatoms. The van der Waals surface area contributed by atoms with Gasteiger partial charge in [0.25, 0.3) is 0 Å². The van der Waals surface area contributed by atoms with Gasteiger partial charge >= 0.3 is 0 Å². The Labute approximate surface area is 160 Å². The second-order valence-electron chi connectivity index (χ2n) is 7.32. The standard InChI is InChI=1S/C20H27N5O2/c1-13-8-19(21-2)24-20(22-13)23-15-4-7-17(26-3)18(9-15)27-12-14-10-25(11-14)16-5-6-16/h4,7-9,14,16H,5-6,10-12H2,1-3H3,(H2,21,22,23,24). The first-order valence-corrected chi connectivity index (χ1v) is 9.50. The summed E-state index contributed by atoms with van der Waals surface area (Å²) in [5, 5.41) is 6.30. The number of rotatable bonds is 8. The molecule has 2 aliphatic rings. The second-order valence-corrected chi connectivity index (χ2v) is 7.32. The summed E-state index contributed by atoms with van der Waals surface area (Å²) in [4.78, 5) is 11.4. The van der Waals surface area contributed by atoms with Crippen LogP contribution in [0, 0.1) is 12.8 Å². The zero-order valence-corrected chi connectivity index (χ0v) is 16.2. The molecule has 1 saturated carbocycles. The summed E-state index contributed by atoms with van der Waals surface area (Å²) >= 11 is 0. The van der Waals surface area contributed by atoms with Crippen molar-refractivity contribution in [3.8, 4) is 11.5 Å². The van der Waals surface area contributed by atoms with Crippen LogP contribution in [0.3, 0.4) is 0 Å². The lowest BCUT2D eigenvalue weighted by Gasteiger charge is -2.39. The molecule has 2 N–H and O–H groups in total. The molecule has 1 saturated heterocycles. The minimum absolute atomic E-state index is 0.550. The van der Waals surface area contributed by atoms with Crippen molar-refractivity contribution in [3.05, 3.63) is 30.0 Å². The molecule has 0 radical (unpaired) electrons. The number of methoxy groups -OCH3 is 1. The lowest BCUT2D eigenvalue weighted by atomic mass is 10.0. The Hall–Kier alpha value is -2.54. The number of ether oxygens (including phenoxy) is 2. The Balaban J connectivity index is 1.41. The topological polar surface area (TPSA) is 71.5 Å². The molecule has 144 valence electrons. The number of benzene rings is 1. The van der Waals surface area contributed by atoms with Gasteiger partial charge in [-0.05, 0) is 31.9 Å². The van der Waals surface area contributed by atoms with E-state index in [0.717, 1.165) is 47.8 Å². The lowest BCUT2D eigenvalue weighted by Crippen LogP contribution is -2.50.